The number of halogens is 2. The Hall–Kier alpha value is -1.70. The molecular formula is C17H10Br2O4S. The lowest BCUT2D eigenvalue weighted by molar-refractivity contribution is 0.513. The van der Waals surface area contributed by atoms with E-state index in [4.69, 9.17) is 4.42 Å². The van der Waals surface area contributed by atoms with Gasteiger partial charge in [0.15, 0.2) is 0 Å². The van der Waals surface area contributed by atoms with Crippen molar-refractivity contribution in [2.75, 3.05) is 0 Å². The van der Waals surface area contributed by atoms with Crippen molar-refractivity contribution in [2.24, 2.45) is 0 Å². The van der Waals surface area contributed by atoms with E-state index in [2.05, 4.69) is 31.9 Å². The highest BCUT2D eigenvalue weighted by Crippen LogP contribution is 2.30. The van der Waals surface area contributed by atoms with Gasteiger partial charge in [-0.25, -0.2) is 13.2 Å². The van der Waals surface area contributed by atoms with Crippen molar-refractivity contribution in [3.05, 3.63) is 80.0 Å². The third-order valence-electron chi connectivity index (χ3n) is 3.31. The molecule has 0 radical (unpaired) electrons. The van der Waals surface area contributed by atoms with Crippen LogP contribution >= 0.6 is 31.9 Å². The van der Waals surface area contributed by atoms with E-state index in [9.17, 15) is 13.2 Å². The molecule has 2 aromatic carbocycles. The lowest BCUT2D eigenvalue weighted by Gasteiger charge is -2.08. The molecule has 0 bridgehead atoms. The van der Waals surface area contributed by atoms with Crippen LogP contribution in [-0.4, -0.2) is 8.42 Å². The number of sulfone groups is 1. The fourth-order valence-corrected chi connectivity index (χ4v) is 4.75. The third kappa shape index (κ3) is 3.24. The SMILES string of the molecule is O=c1oc(-c2cccc(Br)c2)cc(S(=O)(=O)c2ccccc2)c1Br. The standard InChI is InChI=1S/C17H10Br2O4S/c18-12-6-4-5-11(9-12)14-10-15(16(19)17(20)23-14)24(21,22)13-7-2-1-3-8-13/h1-10H. The van der Waals surface area contributed by atoms with Gasteiger partial charge >= 0.3 is 5.63 Å². The first-order valence-corrected chi connectivity index (χ1v) is 9.86. The predicted molar refractivity (Wildman–Crippen MR) is 97.7 cm³/mol. The summed E-state index contributed by atoms with van der Waals surface area (Å²) in [5, 5.41) is 0. The Labute approximate surface area is 155 Å². The van der Waals surface area contributed by atoms with Crippen molar-refractivity contribution in [3.63, 3.8) is 0 Å². The van der Waals surface area contributed by atoms with E-state index >= 15 is 0 Å². The first kappa shape index (κ1) is 17.1. The van der Waals surface area contributed by atoms with Gasteiger partial charge in [-0.05, 0) is 40.2 Å². The van der Waals surface area contributed by atoms with Crippen LogP contribution in [0, 0.1) is 0 Å². The lowest BCUT2D eigenvalue weighted by atomic mass is 10.2. The Morgan fingerprint density at radius 2 is 1.58 bits per heavy atom. The molecule has 24 heavy (non-hydrogen) atoms. The molecule has 4 nitrogen and oxygen atoms in total. The van der Waals surface area contributed by atoms with Gasteiger partial charge in [0, 0.05) is 16.1 Å². The van der Waals surface area contributed by atoms with E-state index in [1.165, 1.54) is 18.2 Å². The van der Waals surface area contributed by atoms with Gasteiger partial charge in [-0.2, -0.15) is 0 Å². The highest BCUT2D eigenvalue weighted by molar-refractivity contribution is 9.10. The highest BCUT2D eigenvalue weighted by Gasteiger charge is 2.24. The molecule has 122 valence electrons. The molecule has 0 atom stereocenters. The van der Waals surface area contributed by atoms with Gasteiger partial charge < -0.3 is 4.42 Å². The molecule has 0 aliphatic rings. The maximum Gasteiger partial charge on any atom is 0.352 e. The third-order valence-corrected chi connectivity index (χ3v) is 6.61. The van der Waals surface area contributed by atoms with Crippen molar-refractivity contribution >= 4 is 41.7 Å². The van der Waals surface area contributed by atoms with Crippen LogP contribution in [0.25, 0.3) is 11.3 Å². The zero-order valence-corrected chi connectivity index (χ0v) is 16.1. The van der Waals surface area contributed by atoms with Gasteiger partial charge in [-0.15, -0.1) is 0 Å². The van der Waals surface area contributed by atoms with Crippen LogP contribution in [0.5, 0.6) is 0 Å². The first-order valence-electron chi connectivity index (χ1n) is 6.79. The Bertz CT molecular complexity index is 1060. The van der Waals surface area contributed by atoms with E-state index < -0.39 is 15.5 Å². The number of benzene rings is 2. The zero-order chi connectivity index (χ0) is 17.3. The summed E-state index contributed by atoms with van der Waals surface area (Å²) >= 11 is 6.38. The maximum absolute atomic E-state index is 12.8. The molecule has 0 aliphatic carbocycles. The average molecular weight is 470 g/mol. The van der Waals surface area contributed by atoms with Gasteiger partial charge in [-0.3, -0.25) is 0 Å². The normalized spacial score (nSPS) is 11.4. The van der Waals surface area contributed by atoms with E-state index in [1.807, 2.05) is 6.07 Å². The molecule has 3 rings (SSSR count). The maximum atomic E-state index is 12.8. The van der Waals surface area contributed by atoms with E-state index in [1.54, 1.807) is 36.4 Å². The molecule has 0 fully saturated rings. The fraction of sp³-hybridized carbons (Fsp3) is 0. The molecule has 0 unspecified atom stereocenters. The highest BCUT2D eigenvalue weighted by atomic mass is 79.9. The van der Waals surface area contributed by atoms with Crippen LogP contribution in [-0.2, 0) is 9.84 Å². The summed E-state index contributed by atoms with van der Waals surface area (Å²) in [5.74, 6) is 0.180. The molecule has 3 aromatic rings. The van der Waals surface area contributed by atoms with Gasteiger partial charge in [0.1, 0.15) is 10.2 Å². The molecule has 0 spiro atoms. The Morgan fingerprint density at radius 1 is 0.875 bits per heavy atom. The lowest BCUT2D eigenvalue weighted by Crippen LogP contribution is -2.10. The second kappa shape index (κ2) is 6.66. The Morgan fingerprint density at radius 3 is 2.25 bits per heavy atom. The molecule has 0 saturated carbocycles. The largest absolute Gasteiger partial charge is 0.422 e. The number of hydrogen-bond donors (Lipinski definition) is 0. The van der Waals surface area contributed by atoms with E-state index in [-0.39, 0.29) is 20.0 Å². The molecule has 0 N–H and O–H groups in total. The van der Waals surface area contributed by atoms with Gasteiger partial charge in [0.2, 0.25) is 9.84 Å². The Kier molecular flexibility index (Phi) is 4.76. The summed E-state index contributed by atoms with van der Waals surface area (Å²) in [6, 6.07) is 16.4. The molecule has 0 saturated heterocycles. The van der Waals surface area contributed by atoms with Crippen molar-refractivity contribution in [2.45, 2.75) is 9.79 Å². The van der Waals surface area contributed by atoms with Crippen molar-refractivity contribution in [3.8, 4) is 11.3 Å². The van der Waals surface area contributed by atoms with Crippen LogP contribution in [0.2, 0.25) is 0 Å². The van der Waals surface area contributed by atoms with Gasteiger partial charge in [0.25, 0.3) is 0 Å². The molecule has 1 aromatic heterocycles. The van der Waals surface area contributed by atoms with Crippen LogP contribution in [0.4, 0.5) is 0 Å². The molecule has 7 heteroatoms. The molecule has 0 amide bonds. The van der Waals surface area contributed by atoms with Crippen molar-refractivity contribution < 1.29 is 12.8 Å². The minimum atomic E-state index is -3.85. The number of rotatable bonds is 3. The monoisotopic (exact) mass is 468 g/mol. The Balaban J connectivity index is 2.25. The second-order valence-electron chi connectivity index (χ2n) is 4.90. The van der Waals surface area contributed by atoms with Crippen molar-refractivity contribution in [1.82, 2.24) is 0 Å². The quantitative estimate of drug-likeness (QED) is 0.559. The molecule has 1 heterocycles. The zero-order valence-electron chi connectivity index (χ0n) is 12.1. The predicted octanol–water partition coefficient (Wildman–Crippen LogP) is 4.66. The van der Waals surface area contributed by atoms with Crippen molar-refractivity contribution in [1.29, 1.82) is 0 Å². The van der Waals surface area contributed by atoms with E-state index in [0.717, 1.165) is 4.47 Å². The summed E-state index contributed by atoms with van der Waals surface area (Å²) in [4.78, 5) is 12.1. The summed E-state index contributed by atoms with van der Waals surface area (Å²) < 4.78 is 31.6. The van der Waals surface area contributed by atoms with Gasteiger partial charge in [-0.1, -0.05) is 46.3 Å². The second-order valence-corrected chi connectivity index (χ2v) is 8.53. The first-order chi connectivity index (χ1) is 11.4. The topological polar surface area (TPSA) is 64.3 Å². The summed E-state index contributed by atoms with van der Waals surface area (Å²) in [5.41, 5.74) is -0.152. The van der Waals surface area contributed by atoms with Crippen LogP contribution < -0.4 is 5.63 Å². The fourth-order valence-electron chi connectivity index (χ4n) is 2.16. The molecule has 0 aliphatic heterocycles. The summed E-state index contributed by atoms with van der Waals surface area (Å²) in [7, 11) is -3.85. The van der Waals surface area contributed by atoms with Crippen LogP contribution in [0.3, 0.4) is 0 Å². The van der Waals surface area contributed by atoms with Gasteiger partial charge in [0.05, 0.1) is 9.79 Å². The average Bonchev–Trinajstić information content (AvgIpc) is 2.58. The minimum absolute atomic E-state index is 0.108. The number of hydrogen-bond acceptors (Lipinski definition) is 4. The summed E-state index contributed by atoms with van der Waals surface area (Å²) in [6.07, 6.45) is 0. The molecular weight excluding hydrogens is 460 g/mol. The summed E-state index contributed by atoms with van der Waals surface area (Å²) in [6.45, 7) is 0. The smallest absolute Gasteiger partial charge is 0.352 e. The minimum Gasteiger partial charge on any atom is -0.422 e. The van der Waals surface area contributed by atoms with Crippen LogP contribution in [0.1, 0.15) is 0 Å². The van der Waals surface area contributed by atoms with Crippen LogP contribution in [0.15, 0.2) is 88.6 Å². The van der Waals surface area contributed by atoms with E-state index in [0.29, 0.717) is 5.56 Å².